The standard InChI is InChI=1S/C20H20Cl2N4O2/c1-11(2)26(20(28)23-13-8-9-15(21)16(22)10-13)12(3)18-24-17-7-5-4-6-14(17)19(27)25-18/h4-12H,1-3H3,(H,23,28)(H,24,25,27). The monoisotopic (exact) mass is 418 g/mol. The van der Waals surface area contributed by atoms with Gasteiger partial charge in [-0.05, 0) is 51.1 Å². The number of aromatic amines is 1. The van der Waals surface area contributed by atoms with Crippen molar-refractivity contribution in [1.29, 1.82) is 0 Å². The Labute approximate surface area is 172 Å². The van der Waals surface area contributed by atoms with Crippen molar-refractivity contribution in [3.8, 4) is 0 Å². The molecule has 146 valence electrons. The van der Waals surface area contributed by atoms with Gasteiger partial charge < -0.3 is 15.2 Å². The number of amides is 2. The first-order chi connectivity index (χ1) is 13.3. The number of nitrogens with zero attached hydrogens (tertiary/aromatic N) is 2. The van der Waals surface area contributed by atoms with Crippen LogP contribution in [0.4, 0.5) is 10.5 Å². The lowest BCUT2D eigenvalue weighted by Crippen LogP contribution is -2.42. The minimum absolute atomic E-state index is 0.144. The van der Waals surface area contributed by atoms with E-state index >= 15 is 0 Å². The van der Waals surface area contributed by atoms with Crippen LogP contribution >= 0.6 is 23.2 Å². The average molecular weight is 419 g/mol. The van der Waals surface area contributed by atoms with E-state index in [9.17, 15) is 9.59 Å². The van der Waals surface area contributed by atoms with Crippen LogP contribution in [0.25, 0.3) is 10.9 Å². The fourth-order valence-corrected chi connectivity index (χ4v) is 3.35. The number of hydrogen-bond donors (Lipinski definition) is 2. The minimum atomic E-state index is -0.458. The molecule has 0 aliphatic rings. The number of rotatable bonds is 4. The van der Waals surface area contributed by atoms with E-state index in [4.69, 9.17) is 23.2 Å². The van der Waals surface area contributed by atoms with E-state index < -0.39 is 6.04 Å². The molecule has 1 heterocycles. The van der Waals surface area contributed by atoms with E-state index in [2.05, 4.69) is 15.3 Å². The van der Waals surface area contributed by atoms with Gasteiger partial charge in [-0.2, -0.15) is 0 Å². The lowest BCUT2D eigenvalue weighted by atomic mass is 10.2. The molecule has 1 aromatic heterocycles. The van der Waals surface area contributed by atoms with Crippen LogP contribution in [0.1, 0.15) is 32.6 Å². The average Bonchev–Trinajstić information content (AvgIpc) is 2.64. The summed E-state index contributed by atoms with van der Waals surface area (Å²) in [5.74, 6) is 0.418. The zero-order valence-electron chi connectivity index (χ0n) is 15.7. The van der Waals surface area contributed by atoms with Crippen LogP contribution in [0.15, 0.2) is 47.3 Å². The zero-order chi connectivity index (χ0) is 20.4. The number of urea groups is 1. The molecule has 3 rings (SSSR count). The van der Waals surface area contributed by atoms with Crippen LogP contribution in [-0.2, 0) is 0 Å². The summed E-state index contributed by atoms with van der Waals surface area (Å²) in [6.45, 7) is 5.61. The number of carbonyl (C=O) groups is 1. The summed E-state index contributed by atoms with van der Waals surface area (Å²) in [6.07, 6.45) is 0. The van der Waals surface area contributed by atoms with Gasteiger partial charge in [-0.15, -0.1) is 0 Å². The summed E-state index contributed by atoms with van der Waals surface area (Å²) in [5, 5.41) is 4.09. The van der Waals surface area contributed by atoms with Crippen molar-refractivity contribution in [2.75, 3.05) is 5.32 Å². The maximum atomic E-state index is 12.9. The molecule has 0 radical (unpaired) electrons. The summed E-state index contributed by atoms with van der Waals surface area (Å²) < 4.78 is 0. The number of fused-ring (bicyclic) bond motifs is 1. The highest BCUT2D eigenvalue weighted by Crippen LogP contribution is 2.26. The number of anilines is 1. The maximum absolute atomic E-state index is 12.9. The number of para-hydroxylation sites is 1. The third kappa shape index (κ3) is 4.13. The van der Waals surface area contributed by atoms with Crippen LogP contribution in [0.2, 0.25) is 10.0 Å². The quantitative estimate of drug-likeness (QED) is 0.608. The van der Waals surface area contributed by atoms with Crippen LogP contribution in [0, 0.1) is 0 Å². The Morgan fingerprint density at radius 2 is 1.82 bits per heavy atom. The van der Waals surface area contributed by atoms with Crippen molar-refractivity contribution >= 4 is 45.8 Å². The Bertz CT molecular complexity index is 1080. The molecule has 28 heavy (non-hydrogen) atoms. The van der Waals surface area contributed by atoms with E-state index in [1.165, 1.54) is 0 Å². The Morgan fingerprint density at radius 1 is 1.11 bits per heavy atom. The molecule has 0 aliphatic carbocycles. The molecule has 0 aliphatic heterocycles. The van der Waals surface area contributed by atoms with E-state index in [0.717, 1.165) is 0 Å². The molecular formula is C20H20Cl2N4O2. The molecule has 0 saturated carbocycles. The van der Waals surface area contributed by atoms with Crippen molar-refractivity contribution in [3.63, 3.8) is 0 Å². The summed E-state index contributed by atoms with van der Waals surface area (Å²) in [7, 11) is 0. The second-order valence-electron chi connectivity index (χ2n) is 6.70. The number of hydrogen-bond acceptors (Lipinski definition) is 3. The van der Waals surface area contributed by atoms with Crippen molar-refractivity contribution in [2.45, 2.75) is 32.9 Å². The first kappa shape index (κ1) is 20.2. The van der Waals surface area contributed by atoms with E-state index in [1.807, 2.05) is 26.8 Å². The van der Waals surface area contributed by atoms with E-state index in [0.29, 0.717) is 32.5 Å². The number of carbonyl (C=O) groups excluding carboxylic acids is 1. The molecule has 3 aromatic rings. The summed E-state index contributed by atoms with van der Waals surface area (Å²) >= 11 is 12.0. The largest absolute Gasteiger partial charge is 0.322 e. The topological polar surface area (TPSA) is 78.1 Å². The van der Waals surface area contributed by atoms with Crippen LogP contribution in [0.3, 0.4) is 0 Å². The predicted molar refractivity (Wildman–Crippen MR) is 113 cm³/mol. The molecule has 8 heteroatoms. The van der Waals surface area contributed by atoms with Crippen molar-refractivity contribution in [3.05, 3.63) is 68.7 Å². The van der Waals surface area contributed by atoms with Gasteiger partial charge in [-0.25, -0.2) is 9.78 Å². The van der Waals surface area contributed by atoms with Crippen molar-refractivity contribution in [2.24, 2.45) is 0 Å². The summed E-state index contributed by atoms with van der Waals surface area (Å²) in [5.41, 5.74) is 0.875. The number of nitrogens with one attached hydrogen (secondary N) is 2. The molecule has 0 fully saturated rings. The van der Waals surface area contributed by atoms with Crippen LogP contribution in [-0.4, -0.2) is 26.9 Å². The second-order valence-corrected chi connectivity index (χ2v) is 7.52. The molecule has 6 nitrogen and oxygen atoms in total. The number of benzene rings is 2. The number of aromatic nitrogens is 2. The molecule has 2 N–H and O–H groups in total. The van der Waals surface area contributed by atoms with Gasteiger partial charge in [0, 0.05) is 11.7 Å². The smallest absolute Gasteiger partial charge is 0.312 e. The molecule has 0 spiro atoms. The molecule has 1 unspecified atom stereocenters. The van der Waals surface area contributed by atoms with Gasteiger partial charge in [0.25, 0.3) is 5.56 Å². The van der Waals surface area contributed by atoms with Gasteiger partial charge in [-0.1, -0.05) is 35.3 Å². The molecule has 0 saturated heterocycles. The Kier molecular flexibility index (Phi) is 5.91. The fourth-order valence-electron chi connectivity index (χ4n) is 3.05. The third-order valence-corrected chi connectivity index (χ3v) is 5.14. The first-order valence-corrected chi connectivity index (χ1v) is 9.57. The molecule has 1 atom stereocenters. The normalized spacial score (nSPS) is 12.2. The third-order valence-electron chi connectivity index (χ3n) is 4.41. The summed E-state index contributed by atoms with van der Waals surface area (Å²) in [6, 6.07) is 11.0. The van der Waals surface area contributed by atoms with Crippen LogP contribution in [0.5, 0.6) is 0 Å². The second kappa shape index (κ2) is 8.20. The predicted octanol–water partition coefficient (Wildman–Crippen LogP) is 5.23. The lowest BCUT2D eigenvalue weighted by molar-refractivity contribution is 0.170. The van der Waals surface area contributed by atoms with Gasteiger partial charge in [-0.3, -0.25) is 4.79 Å². The van der Waals surface area contributed by atoms with Gasteiger partial charge >= 0.3 is 6.03 Å². The Morgan fingerprint density at radius 3 is 2.50 bits per heavy atom. The number of H-pyrrole nitrogens is 1. The highest BCUT2D eigenvalue weighted by Gasteiger charge is 2.26. The Hall–Kier alpha value is -2.57. The minimum Gasteiger partial charge on any atom is -0.312 e. The molecule has 0 bridgehead atoms. The van der Waals surface area contributed by atoms with Gasteiger partial charge in [0.1, 0.15) is 5.82 Å². The van der Waals surface area contributed by atoms with E-state index in [1.54, 1.807) is 41.3 Å². The van der Waals surface area contributed by atoms with Gasteiger partial charge in [0.05, 0.1) is 27.0 Å². The maximum Gasteiger partial charge on any atom is 0.322 e. The highest BCUT2D eigenvalue weighted by atomic mass is 35.5. The molecule has 2 aromatic carbocycles. The lowest BCUT2D eigenvalue weighted by Gasteiger charge is -2.32. The zero-order valence-corrected chi connectivity index (χ0v) is 17.2. The number of halogens is 2. The first-order valence-electron chi connectivity index (χ1n) is 8.81. The molecular weight excluding hydrogens is 399 g/mol. The van der Waals surface area contributed by atoms with Gasteiger partial charge in [0.2, 0.25) is 0 Å². The van der Waals surface area contributed by atoms with Crippen molar-refractivity contribution < 1.29 is 4.79 Å². The SMILES string of the molecule is CC(C)N(C(=O)Nc1ccc(Cl)c(Cl)c1)C(C)c1nc2ccccc2c(=O)[nH]1. The fraction of sp³-hybridized carbons (Fsp3) is 0.250. The van der Waals surface area contributed by atoms with Crippen molar-refractivity contribution in [1.82, 2.24) is 14.9 Å². The molecule has 2 amide bonds. The Balaban J connectivity index is 1.91. The summed E-state index contributed by atoms with van der Waals surface area (Å²) in [4.78, 5) is 34.3. The highest BCUT2D eigenvalue weighted by molar-refractivity contribution is 6.42. The van der Waals surface area contributed by atoms with E-state index in [-0.39, 0.29) is 17.6 Å². The van der Waals surface area contributed by atoms with Crippen LogP contribution < -0.4 is 10.9 Å². The van der Waals surface area contributed by atoms with Gasteiger partial charge in [0.15, 0.2) is 0 Å².